The third-order valence-electron chi connectivity index (χ3n) is 3.78. The van der Waals surface area contributed by atoms with Gasteiger partial charge in [0.1, 0.15) is 12.3 Å². The molecule has 0 spiro atoms. The number of hydrogen-bond donors (Lipinski definition) is 1. The van der Waals surface area contributed by atoms with Crippen molar-refractivity contribution in [1.29, 1.82) is 0 Å². The minimum Gasteiger partial charge on any atom is -0.482 e. The molecule has 7 heteroatoms. The molecule has 0 aromatic heterocycles. The number of amides is 2. The van der Waals surface area contributed by atoms with Crippen molar-refractivity contribution in [2.75, 3.05) is 37.8 Å². The fraction of sp³-hybridized carbons (Fsp3) is 0.467. The molecular formula is C15H17ClN2O4. The Morgan fingerprint density at radius 3 is 3.09 bits per heavy atom. The normalized spacial score (nSPS) is 20.5. The Labute approximate surface area is 133 Å². The third kappa shape index (κ3) is 3.34. The molecular weight excluding hydrogens is 308 g/mol. The zero-order valence-corrected chi connectivity index (χ0v) is 12.8. The molecule has 1 saturated heterocycles. The Morgan fingerprint density at radius 1 is 1.45 bits per heavy atom. The first-order valence-corrected chi connectivity index (χ1v) is 7.58. The summed E-state index contributed by atoms with van der Waals surface area (Å²) in [5.41, 5.74) is 0.531. The molecule has 0 saturated carbocycles. The van der Waals surface area contributed by atoms with Gasteiger partial charge in [-0.05, 0) is 24.6 Å². The molecule has 0 radical (unpaired) electrons. The lowest BCUT2D eigenvalue weighted by molar-refractivity contribution is -0.125. The van der Waals surface area contributed by atoms with E-state index in [2.05, 4.69) is 5.32 Å². The standard InChI is InChI=1S/C15H17ClN2O4/c16-11-1-2-13-12(5-11)18(15(20)9-22-13)7-14(19)17-6-10-3-4-21-8-10/h1-2,5,10H,3-4,6-9H2,(H,17,19)/t10-/m0/s1. The topological polar surface area (TPSA) is 67.9 Å². The molecule has 0 aliphatic carbocycles. The summed E-state index contributed by atoms with van der Waals surface area (Å²) in [6, 6.07) is 5.02. The Kier molecular flexibility index (Phi) is 4.49. The van der Waals surface area contributed by atoms with Gasteiger partial charge in [0.25, 0.3) is 5.91 Å². The molecule has 1 N–H and O–H groups in total. The minimum absolute atomic E-state index is 0.0386. The van der Waals surface area contributed by atoms with Crippen LogP contribution in [-0.4, -0.2) is 44.7 Å². The number of carbonyl (C=O) groups is 2. The van der Waals surface area contributed by atoms with E-state index in [9.17, 15) is 9.59 Å². The van der Waals surface area contributed by atoms with Crippen LogP contribution in [0.5, 0.6) is 5.75 Å². The second kappa shape index (κ2) is 6.54. The van der Waals surface area contributed by atoms with Crippen LogP contribution in [0.2, 0.25) is 5.02 Å². The van der Waals surface area contributed by atoms with Crippen LogP contribution in [0.3, 0.4) is 0 Å². The lowest BCUT2D eigenvalue weighted by Crippen LogP contribution is -2.45. The molecule has 118 valence electrons. The fourth-order valence-electron chi connectivity index (χ4n) is 2.55. The van der Waals surface area contributed by atoms with Gasteiger partial charge in [-0.2, -0.15) is 0 Å². The highest BCUT2D eigenvalue weighted by Gasteiger charge is 2.27. The maximum Gasteiger partial charge on any atom is 0.265 e. The SMILES string of the molecule is O=C(CN1C(=O)COc2ccc(Cl)cc21)NC[C@@H]1CCOC1. The van der Waals surface area contributed by atoms with Crippen molar-refractivity contribution < 1.29 is 19.1 Å². The number of nitrogens with one attached hydrogen (secondary N) is 1. The van der Waals surface area contributed by atoms with Gasteiger partial charge in [0.15, 0.2) is 6.61 Å². The van der Waals surface area contributed by atoms with Crippen LogP contribution in [0.4, 0.5) is 5.69 Å². The Bertz CT molecular complexity index is 587. The monoisotopic (exact) mass is 324 g/mol. The van der Waals surface area contributed by atoms with Crippen LogP contribution in [0.15, 0.2) is 18.2 Å². The van der Waals surface area contributed by atoms with Crippen LogP contribution >= 0.6 is 11.6 Å². The van der Waals surface area contributed by atoms with Crippen molar-refractivity contribution in [3.8, 4) is 5.75 Å². The van der Waals surface area contributed by atoms with Gasteiger partial charge in [-0.1, -0.05) is 11.6 Å². The molecule has 6 nitrogen and oxygen atoms in total. The summed E-state index contributed by atoms with van der Waals surface area (Å²) in [6.45, 7) is 1.88. The molecule has 2 aliphatic heterocycles. The largest absolute Gasteiger partial charge is 0.482 e. The Hall–Kier alpha value is -1.79. The molecule has 2 aliphatic rings. The van der Waals surface area contributed by atoms with Crippen LogP contribution in [0.1, 0.15) is 6.42 Å². The smallest absolute Gasteiger partial charge is 0.265 e. The quantitative estimate of drug-likeness (QED) is 0.904. The lowest BCUT2D eigenvalue weighted by Gasteiger charge is -2.29. The molecule has 1 aromatic rings. The van der Waals surface area contributed by atoms with Crippen molar-refractivity contribution in [1.82, 2.24) is 5.32 Å². The summed E-state index contributed by atoms with van der Waals surface area (Å²) in [5, 5.41) is 3.34. The number of rotatable bonds is 4. The first-order chi connectivity index (χ1) is 10.6. The molecule has 1 atom stereocenters. The molecule has 22 heavy (non-hydrogen) atoms. The maximum atomic E-state index is 12.1. The summed E-state index contributed by atoms with van der Waals surface area (Å²) < 4.78 is 10.6. The predicted octanol–water partition coefficient (Wildman–Crippen LogP) is 1.22. The van der Waals surface area contributed by atoms with Gasteiger partial charge in [-0.15, -0.1) is 0 Å². The van der Waals surface area contributed by atoms with Gasteiger partial charge in [-0.25, -0.2) is 0 Å². The molecule has 0 unspecified atom stereocenters. The second-order valence-electron chi connectivity index (χ2n) is 5.41. The molecule has 1 aromatic carbocycles. The van der Waals surface area contributed by atoms with Gasteiger partial charge in [-0.3, -0.25) is 14.5 Å². The molecule has 0 bridgehead atoms. The van der Waals surface area contributed by atoms with Crippen LogP contribution in [0.25, 0.3) is 0 Å². The van der Waals surface area contributed by atoms with Crippen molar-refractivity contribution >= 4 is 29.1 Å². The van der Waals surface area contributed by atoms with Gasteiger partial charge in [0.2, 0.25) is 5.91 Å². The van der Waals surface area contributed by atoms with Crippen LogP contribution in [0, 0.1) is 5.92 Å². The number of anilines is 1. The first-order valence-electron chi connectivity index (χ1n) is 7.20. The van der Waals surface area contributed by atoms with Gasteiger partial charge in [0.05, 0.1) is 12.3 Å². The van der Waals surface area contributed by atoms with E-state index in [0.29, 0.717) is 35.5 Å². The minimum atomic E-state index is -0.255. The van der Waals surface area contributed by atoms with Crippen molar-refractivity contribution in [2.45, 2.75) is 6.42 Å². The number of carbonyl (C=O) groups excluding carboxylic acids is 2. The summed E-state index contributed by atoms with van der Waals surface area (Å²) >= 11 is 5.97. The number of ether oxygens (including phenoxy) is 2. The van der Waals surface area contributed by atoms with Crippen molar-refractivity contribution in [3.63, 3.8) is 0 Å². The van der Waals surface area contributed by atoms with E-state index in [-0.39, 0.29) is 25.0 Å². The van der Waals surface area contributed by atoms with E-state index in [1.54, 1.807) is 18.2 Å². The first kappa shape index (κ1) is 15.1. The predicted molar refractivity (Wildman–Crippen MR) is 81.2 cm³/mol. The average molecular weight is 325 g/mol. The third-order valence-corrected chi connectivity index (χ3v) is 4.01. The van der Waals surface area contributed by atoms with Crippen LogP contribution < -0.4 is 15.0 Å². The number of halogens is 1. The number of hydrogen-bond acceptors (Lipinski definition) is 4. The highest BCUT2D eigenvalue weighted by Crippen LogP contribution is 2.34. The van der Waals surface area contributed by atoms with E-state index in [4.69, 9.17) is 21.1 Å². The zero-order valence-electron chi connectivity index (χ0n) is 12.0. The van der Waals surface area contributed by atoms with E-state index in [0.717, 1.165) is 13.0 Å². The Balaban J connectivity index is 1.64. The van der Waals surface area contributed by atoms with Crippen LogP contribution in [-0.2, 0) is 14.3 Å². The number of nitrogens with zero attached hydrogens (tertiary/aromatic N) is 1. The molecule has 2 heterocycles. The van der Waals surface area contributed by atoms with Crippen molar-refractivity contribution in [3.05, 3.63) is 23.2 Å². The summed E-state index contributed by atoms with van der Waals surface area (Å²) in [7, 11) is 0. The van der Waals surface area contributed by atoms with Gasteiger partial charge in [0, 0.05) is 24.1 Å². The lowest BCUT2D eigenvalue weighted by atomic mass is 10.1. The summed E-state index contributed by atoms with van der Waals surface area (Å²) in [4.78, 5) is 25.5. The molecule has 2 amide bonds. The van der Waals surface area contributed by atoms with E-state index in [1.807, 2.05) is 0 Å². The van der Waals surface area contributed by atoms with Gasteiger partial charge < -0.3 is 14.8 Å². The summed E-state index contributed by atoms with van der Waals surface area (Å²) in [5.74, 6) is 0.453. The second-order valence-corrected chi connectivity index (χ2v) is 5.85. The van der Waals surface area contributed by atoms with E-state index >= 15 is 0 Å². The molecule has 1 fully saturated rings. The highest BCUT2D eigenvalue weighted by atomic mass is 35.5. The van der Waals surface area contributed by atoms with Gasteiger partial charge >= 0.3 is 0 Å². The maximum absolute atomic E-state index is 12.1. The van der Waals surface area contributed by atoms with Crippen molar-refractivity contribution in [2.24, 2.45) is 5.92 Å². The number of fused-ring (bicyclic) bond motifs is 1. The average Bonchev–Trinajstić information content (AvgIpc) is 3.02. The zero-order chi connectivity index (χ0) is 15.5. The van der Waals surface area contributed by atoms with E-state index in [1.165, 1.54) is 4.90 Å². The highest BCUT2D eigenvalue weighted by molar-refractivity contribution is 6.31. The van der Waals surface area contributed by atoms with E-state index < -0.39 is 0 Å². The number of benzene rings is 1. The fourth-order valence-corrected chi connectivity index (χ4v) is 2.72. The molecule has 3 rings (SSSR count). The summed E-state index contributed by atoms with van der Waals surface area (Å²) in [6.07, 6.45) is 0.954. The Morgan fingerprint density at radius 2 is 2.32 bits per heavy atom.